The second-order valence-corrected chi connectivity index (χ2v) is 5.63. The van der Waals surface area contributed by atoms with Crippen LogP contribution in [0.1, 0.15) is 20.7 Å². The molecule has 0 aliphatic rings. The minimum atomic E-state index is -0.515. The maximum absolute atomic E-state index is 12.6. The van der Waals surface area contributed by atoms with E-state index in [2.05, 4.69) is 4.98 Å². The fourth-order valence-corrected chi connectivity index (χ4v) is 2.88. The summed E-state index contributed by atoms with van der Waals surface area (Å²) in [7, 11) is 0. The van der Waals surface area contributed by atoms with E-state index in [-0.39, 0.29) is 59.2 Å². The zero-order valence-electron chi connectivity index (χ0n) is 13.6. The highest BCUT2D eigenvalue weighted by atomic mass is 16.3. The third-order valence-electron chi connectivity index (χ3n) is 4.08. The third kappa shape index (κ3) is 2.72. The first-order valence-electron chi connectivity index (χ1n) is 7.79. The van der Waals surface area contributed by atoms with Crippen molar-refractivity contribution in [3.8, 4) is 0 Å². The molecule has 2 N–H and O–H groups in total. The molecular weight excluding hydrogens is 342 g/mol. The molecule has 0 aliphatic carbocycles. The SMILES string of the molecule is O=Cc1cn(CCO)c(=O)c2cc3c(=O)n(CCO)cc(C=O)c3nc12. The molecule has 9 nitrogen and oxygen atoms in total. The minimum Gasteiger partial charge on any atom is -0.395 e. The summed E-state index contributed by atoms with van der Waals surface area (Å²) in [5.74, 6) is 0. The minimum absolute atomic E-state index is 0.0171. The lowest BCUT2D eigenvalue weighted by molar-refractivity contribution is 0.111. The van der Waals surface area contributed by atoms with Gasteiger partial charge in [0.05, 0.1) is 46.1 Å². The van der Waals surface area contributed by atoms with E-state index < -0.39 is 11.1 Å². The Labute approximate surface area is 145 Å². The predicted octanol–water partition coefficient (Wildman–Crippen LogP) is -0.679. The number of carbonyl (C=O) groups is 2. The molecule has 3 rings (SSSR count). The molecule has 0 saturated carbocycles. The Morgan fingerprint density at radius 3 is 1.62 bits per heavy atom. The van der Waals surface area contributed by atoms with Crippen LogP contribution in [0.2, 0.25) is 0 Å². The first-order chi connectivity index (χ1) is 12.5. The van der Waals surface area contributed by atoms with Gasteiger partial charge in [-0.25, -0.2) is 4.98 Å². The summed E-state index contributed by atoms with van der Waals surface area (Å²) in [5, 5.41) is 18.2. The Morgan fingerprint density at radius 2 is 1.27 bits per heavy atom. The number of nitrogens with zero attached hydrogens (tertiary/aromatic N) is 3. The second-order valence-electron chi connectivity index (χ2n) is 5.63. The van der Waals surface area contributed by atoms with Crippen LogP contribution in [-0.2, 0) is 13.1 Å². The van der Waals surface area contributed by atoms with Crippen molar-refractivity contribution in [1.82, 2.24) is 14.1 Å². The number of rotatable bonds is 6. The van der Waals surface area contributed by atoms with E-state index in [1.165, 1.54) is 18.5 Å². The molecule has 0 fully saturated rings. The zero-order chi connectivity index (χ0) is 18.8. The van der Waals surface area contributed by atoms with Crippen LogP contribution in [0.5, 0.6) is 0 Å². The topological polar surface area (TPSA) is 131 Å². The molecule has 0 atom stereocenters. The highest BCUT2D eigenvalue weighted by molar-refractivity contribution is 6.03. The summed E-state index contributed by atoms with van der Waals surface area (Å²) >= 11 is 0. The van der Waals surface area contributed by atoms with Gasteiger partial charge < -0.3 is 19.3 Å². The van der Waals surface area contributed by atoms with Gasteiger partial charge in [0.1, 0.15) is 0 Å². The summed E-state index contributed by atoms with van der Waals surface area (Å²) in [6.07, 6.45) is 3.59. The lowest BCUT2D eigenvalue weighted by Crippen LogP contribution is -2.25. The van der Waals surface area contributed by atoms with Crippen LogP contribution in [0, 0.1) is 0 Å². The van der Waals surface area contributed by atoms with E-state index >= 15 is 0 Å². The van der Waals surface area contributed by atoms with Crippen molar-refractivity contribution in [2.75, 3.05) is 13.2 Å². The maximum atomic E-state index is 12.6. The molecule has 3 aromatic heterocycles. The average molecular weight is 357 g/mol. The van der Waals surface area contributed by atoms with Crippen molar-refractivity contribution < 1.29 is 19.8 Å². The second kappa shape index (κ2) is 6.98. The van der Waals surface area contributed by atoms with Gasteiger partial charge in [-0.15, -0.1) is 0 Å². The Bertz CT molecular complexity index is 1060. The highest BCUT2D eigenvalue weighted by Gasteiger charge is 2.16. The summed E-state index contributed by atoms with van der Waals surface area (Å²) in [4.78, 5) is 52.2. The predicted molar refractivity (Wildman–Crippen MR) is 92.7 cm³/mol. The number of carbonyl (C=O) groups excluding carboxylic acids is 2. The number of aldehydes is 2. The van der Waals surface area contributed by atoms with Crippen LogP contribution >= 0.6 is 0 Å². The van der Waals surface area contributed by atoms with Crippen molar-refractivity contribution >= 4 is 34.4 Å². The van der Waals surface area contributed by atoms with E-state index in [0.29, 0.717) is 12.6 Å². The normalized spacial score (nSPS) is 11.2. The smallest absolute Gasteiger partial charge is 0.260 e. The zero-order valence-corrected chi connectivity index (χ0v) is 13.6. The van der Waals surface area contributed by atoms with E-state index in [1.54, 1.807) is 0 Å². The van der Waals surface area contributed by atoms with Crippen molar-refractivity contribution in [2.45, 2.75) is 13.1 Å². The fourth-order valence-electron chi connectivity index (χ4n) is 2.88. The summed E-state index contributed by atoms with van der Waals surface area (Å²) in [5.41, 5.74) is -0.668. The maximum Gasteiger partial charge on any atom is 0.260 e. The molecule has 0 radical (unpaired) electrons. The average Bonchev–Trinajstić information content (AvgIpc) is 2.65. The monoisotopic (exact) mass is 357 g/mol. The van der Waals surface area contributed by atoms with Crippen LogP contribution in [0.4, 0.5) is 0 Å². The largest absolute Gasteiger partial charge is 0.395 e. The summed E-state index contributed by atoms with van der Waals surface area (Å²) < 4.78 is 2.32. The highest BCUT2D eigenvalue weighted by Crippen LogP contribution is 2.19. The van der Waals surface area contributed by atoms with Gasteiger partial charge in [0.25, 0.3) is 11.1 Å². The van der Waals surface area contributed by atoms with Crippen LogP contribution < -0.4 is 11.1 Å². The van der Waals surface area contributed by atoms with Crippen molar-refractivity contribution in [2.24, 2.45) is 0 Å². The molecule has 0 spiro atoms. The number of hydrogen-bond acceptors (Lipinski definition) is 7. The van der Waals surface area contributed by atoms with Gasteiger partial charge in [0.2, 0.25) is 0 Å². The number of aliphatic hydroxyl groups is 2. The van der Waals surface area contributed by atoms with Crippen LogP contribution in [0.25, 0.3) is 21.8 Å². The molecule has 3 heterocycles. The first-order valence-corrected chi connectivity index (χ1v) is 7.79. The van der Waals surface area contributed by atoms with E-state index in [4.69, 9.17) is 10.2 Å². The lowest BCUT2D eigenvalue weighted by Gasteiger charge is -2.11. The molecule has 0 aliphatic heterocycles. The first kappa shape index (κ1) is 17.6. The molecule has 134 valence electrons. The van der Waals surface area contributed by atoms with Crippen LogP contribution in [0.3, 0.4) is 0 Å². The standard InChI is InChI=1S/C17H15N3O6/c21-3-1-19-6-10(8-23)14-12(16(19)25)5-13-15(18-14)11(9-24)7-20(2-4-22)17(13)26/h5-9,21-22H,1-4H2. The Balaban J connectivity index is 2.51. The summed E-state index contributed by atoms with van der Waals surface area (Å²) in [6.45, 7) is -0.639. The number of aliphatic hydroxyl groups excluding tert-OH is 2. The van der Waals surface area contributed by atoms with Gasteiger partial charge in [-0.1, -0.05) is 0 Å². The number of hydrogen-bond donors (Lipinski definition) is 2. The van der Waals surface area contributed by atoms with Gasteiger partial charge in [-0.05, 0) is 6.07 Å². The Hall–Kier alpha value is -3.17. The molecule has 3 aromatic rings. The lowest BCUT2D eigenvalue weighted by atomic mass is 10.1. The molecule has 9 heteroatoms. The quantitative estimate of drug-likeness (QED) is 0.441. The molecule has 0 unspecified atom stereocenters. The third-order valence-corrected chi connectivity index (χ3v) is 4.08. The van der Waals surface area contributed by atoms with Crippen molar-refractivity contribution in [1.29, 1.82) is 0 Å². The Morgan fingerprint density at radius 1 is 0.846 bits per heavy atom. The molecule has 0 saturated heterocycles. The summed E-state index contributed by atoms with van der Waals surface area (Å²) in [6, 6.07) is 1.30. The van der Waals surface area contributed by atoms with Crippen LogP contribution in [0.15, 0.2) is 28.0 Å². The Kier molecular flexibility index (Phi) is 4.74. The van der Waals surface area contributed by atoms with Gasteiger partial charge in [-0.3, -0.25) is 19.2 Å². The fraction of sp³-hybridized carbons (Fsp3) is 0.235. The van der Waals surface area contributed by atoms with Crippen LogP contribution in [-0.4, -0.2) is 50.1 Å². The van der Waals surface area contributed by atoms with E-state index in [0.717, 1.165) is 9.13 Å². The van der Waals surface area contributed by atoms with Gasteiger partial charge >= 0.3 is 0 Å². The van der Waals surface area contributed by atoms with Gasteiger partial charge in [0, 0.05) is 25.5 Å². The van der Waals surface area contributed by atoms with E-state index in [9.17, 15) is 19.2 Å². The number of aromatic nitrogens is 3. The molecule has 0 amide bonds. The number of pyridine rings is 3. The molecular formula is C17H15N3O6. The molecule has 0 bridgehead atoms. The van der Waals surface area contributed by atoms with E-state index in [1.807, 2.05) is 0 Å². The molecule has 0 aromatic carbocycles. The van der Waals surface area contributed by atoms with Gasteiger partial charge in [0.15, 0.2) is 12.6 Å². The van der Waals surface area contributed by atoms with Crippen molar-refractivity contribution in [3.63, 3.8) is 0 Å². The van der Waals surface area contributed by atoms with Gasteiger partial charge in [-0.2, -0.15) is 0 Å². The number of fused-ring (bicyclic) bond motifs is 2. The molecule has 26 heavy (non-hydrogen) atoms. The van der Waals surface area contributed by atoms with Crippen molar-refractivity contribution in [3.05, 3.63) is 50.3 Å².